The number of aliphatic hydroxyl groups is 3. The molecule has 0 radical (unpaired) electrons. The van der Waals surface area contributed by atoms with E-state index in [0.717, 1.165) is 42.5 Å². The molecule has 46 heavy (non-hydrogen) atoms. The van der Waals surface area contributed by atoms with Gasteiger partial charge in [-0.25, -0.2) is 9.88 Å². The first-order valence-corrected chi connectivity index (χ1v) is 15.1. The standard InChI is InChI=1S/C30H34ClN9O6/c1-32-26(41)8-7-24-28(42)40(30(43,44)45)22-6-5-20(14-25(22)46-24)36-27-21(31)16-33-29(37-27)39-11-9-18(10-12-39)35-19-4-3-17-15-34-38(2)23(17)13-19/h3-6,13-16,18,24,35,43-45H,7-12H2,1-2H3,(H,32,41)(H,33,36,37). The Kier molecular flexibility index (Phi) is 8.57. The lowest BCUT2D eigenvalue weighted by Gasteiger charge is -2.38. The highest BCUT2D eigenvalue weighted by Crippen LogP contribution is 2.40. The number of aryl methyl sites for hydroxylation is 1. The second-order valence-corrected chi connectivity index (χ2v) is 11.6. The molecule has 1 unspecified atom stereocenters. The van der Waals surface area contributed by atoms with Crippen molar-refractivity contribution in [1.29, 1.82) is 0 Å². The zero-order valence-electron chi connectivity index (χ0n) is 25.1. The van der Waals surface area contributed by atoms with Crippen molar-refractivity contribution < 1.29 is 29.6 Å². The third-order valence-electron chi connectivity index (χ3n) is 8.07. The minimum absolute atomic E-state index is 0.0585. The van der Waals surface area contributed by atoms with Crippen LogP contribution in [0.1, 0.15) is 25.7 Å². The van der Waals surface area contributed by atoms with Gasteiger partial charge >= 0.3 is 6.10 Å². The number of amides is 2. The van der Waals surface area contributed by atoms with E-state index in [2.05, 4.69) is 54.1 Å². The molecule has 0 aliphatic carbocycles. The second-order valence-electron chi connectivity index (χ2n) is 11.2. The smallest absolute Gasteiger partial charge is 0.376 e. The van der Waals surface area contributed by atoms with Crippen LogP contribution in [-0.2, 0) is 16.6 Å². The van der Waals surface area contributed by atoms with Crippen molar-refractivity contribution in [1.82, 2.24) is 25.1 Å². The van der Waals surface area contributed by atoms with Gasteiger partial charge < -0.3 is 40.9 Å². The number of piperidine rings is 1. The molecule has 0 bridgehead atoms. The number of halogens is 1. The van der Waals surface area contributed by atoms with Crippen molar-refractivity contribution in [3.63, 3.8) is 0 Å². The third-order valence-corrected chi connectivity index (χ3v) is 8.35. The molecule has 2 aliphatic rings. The van der Waals surface area contributed by atoms with Crippen molar-refractivity contribution >= 4 is 63.1 Å². The molecule has 2 aromatic carbocycles. The van der Waals surface area contributed by atoms with E-state index in [1.807, 2.05) is 17.9 Å². The van der Waals surface area contributed by atoms with Gasteiger partial charge in [0.25, 0.3) is 5.91 Å². The molecule has 16 heteroatoms. The first kappa shape index (κ1) is 31.3. The molecular formula is C30H34ClN9O6. The van der Waals surface area contributed by atoms with Crippen molar-refractivity contribution in [3.8, 4) is 5.75 Å². The fourth-order valence-corrected chi connectivity index (χ4v) is 5.78. The Morgan fingerprint density at radius 1 is 1.11 bits per heavy atom. The van der Waals surface area contributed by atoms with Gasteiger partial charge in [0.05, 0.1) is 23.6 Å². The van der Waals surface area contributed by atoms with Crippen LogP contribution in [0.2, 0.25) is 5.02 Å². The van der Waals surface area contributed by atoms with Crippen molar-refractivity contribution in [2.45, 2.75) is 43.9 Å². The SMILES string of the molecule is CNC(=O)CCC1Oc2cc(Nc3nc(N4CCC(Nc5ccc6cnn(C)c6c5)CC4)ncc3Cl)ccc2N(C(O)(O)O)C1=O. The third kappa shape index (κ3) is 6.48. The molecule has 15 nitrogen and oxygen atoms in total. The van der Waals surface area contributed by atoms with E-state index in [4.69, 9.17) is 16.3 Å². The normalized spacial score (nSPS) is 17.1. The Hall–Kier alpha value is -4.70. The van der Waals surface area contributed by atoms with Gasteiger partial charge in [-0.3, -0.25) is 14.3 Å². The maximum atomic E-state index is 12.9. The van der Waals surface area contributed by atoms with Gasteiger partial charge in [0.1, 0.15) is 10.8 Å². The number of fused-ring (bicyclic) bond motifs is 2. The maximum Gasteiger partial charge on any atom is 0.376 e. The van der Waals surface area contributed by atoms with Crippen LogP contribution in [0.25, 0.3) is 10.9 Å². The lowest BCUT2D eigenvalue weighted by atomic mass is 10.0. The zero-order valence-corrected chi connectivity index (χ0v) is 25.9. The molecule has 6 N–H and O–H groups in total. The summed E-state index contributed by atoms with van der Waals surface area (Å²) in [5.74, 6) is -0.341. The zero-order chi connectivity index (χ0) is 32.6. The molecule has 4 aromatic rings. The summed E-state index contributed by atoms with van der Waals surface area (Å²) in [5.41, 5.74) is 2.49. The Morgan fingerprint density at radius 3 is 2.61 bits per heavy atom. The molecule has 1 fully saturated rings. The predicted molar refractivity (Wildman–Crippen MR) is 171 cm³/mol. The number of rotatable bonds is 9. The number of hydrogen-bond acceptors (Lipinski definition) is 12. The van der Waals surface area contributed by atoms with Gasteiger partial charge in [-0.2, -0.15) is 10.1 Å². The van der Waals surface area contributed by atoms with E-state index in [1.54, 1.807) is 0 Å². The molecule has 0 spiro atoms. The highest BCUT2D eigenvalue weighted by atomic mass is 35.5. The fraction of sp³-hybridized carbons (Fsp3) is 0.367. The monoisotopic (exact) mass is 651 g/mol. The summed E-state index contributed by atoms with van der Waals surface area (Å²) in [4.78, 5) is 36.3. The number of anilines is 5. The van der Waals surface area contributed by atoms with Crippen LogP contribution in [-0.4, -0.2) is 85.3 Å². The Labute approximate surface area is 268 Å². The van der Waals surface area contributed by atoms with Crippen molar-refractivity contribution in [3.05, 3.63) is 53.8 Å². The van der Waals surface area contributed by atoms with E-state index in [9.17, 15) is 24.9 Å². The topological polar surface area (TPSA) is 190 Å². The average Bonchev–Trinajstić information content (AvgIpc) is 3.40. The van der Waals surface area contributed by atoms with Crippen molar-refractivity contribution in [2.24, 2.45) is 7.05 Å². The van der Waals surface area contributed by atoms with E-state index >= 15 is 0 Å². The molecule has 2 amide bonds. The quantitative estimate of drug-likeness (QED) is 0.145. The van der Waals surface area contributed by atoms with Gasteiger partial charge in [-0.1, -0.05) is 11.6 Å². The first-order chi connectivity index (χ1) is 22.0. The number of nitrogens with zero attached hydrogens (tertiary/aromatic N) is 6. The Morgan fingerprint density at radius 2 is 1.87 bits per heavy atom. The molecule has 6 rings (SSSR count). The van der Waals surface area contributed by atoms with Crippen LogP contribution in [0.15, 0.2) is 48.8 Å². The molecule has 242 valence electrons. The summed E-state index contributed by atoms with van der Waals surface area (Å²) in [7, 11) is 3.38. The summed E-state index contributed by atoms with van der Waals surface area (Å²) in [6.07, 6.45) is 0.250. The number of carbonyl (C=O) groups excluding carboxylic acids is 2. The second kappa shape index (κ2) is 12.6. The summed E-state index contributed by atoms with van der Waals surface area (Å²) in [5, 5.41) is 44.7. The van der Waals surface area contributed by atoms with Gasteiger partial charge in [-0.05, 0) is 43.2 Å². The van der Waals surface area contributed by atoms with E-state index in [-0.39, 0.29) is 41.3 Å². The predicted octanol–water partition coefficient (Wildman–Crippen LogP) is 2.05. The molecule has 2 aromatic heterocycles. The minimum Gasteiger partial charge on any atom is -0.478 e. The summed E-state index contributed by atoms with van der Waals surface area (Å²) >= 11 is 6.45. The van der Waals surface area contributed by atoms with Crippen LogP contribution < -0.4 is 30.5 Å². The summed E-state index contributed by atoms with van der Waals surface area (Å²) in [6, 6.07) is 10.9. The fourth-order valence-electron chi connectivity index (χ4n) is 5.64. The number of aromatic nitrogens is 4. The largest absolute Gasteiger partial charge is 0.478 e. The number of ether oxygens (including phenoxy) is 1. The summed E-state index contributed by atoms with van der Waals surface area (Å²) in [6.45, 7) is 1.46. The molecule has 2 aliphatic heterocycles. The molecule has 1 atom stereocenters. The van der Waals surface area contributed by atoms with E-state index in [0.29, 0.717) is 22.4 Å². The van der Waals surface area contributed by atoms with Gasteiger partial charge in [0, 0.05) is 68.9 Å². The number of benzene rings is 2. The van der Waals surface area contributed by atoms with Crippen LogP contribution in [0.4, 0.5) is 28.8 Å². The number of hydrogen-bond donors (Lipinski definition) is 6. The summed E-state index contributed by atoms with van der Waals surface area (Å²) < 4.78 is 7.70. The van der Waals surface area contributed by atoms with Crippen LogP contribution >= 0.6 is 11.6 Å². The van der Waals surface area contributed by atoms with Crippen LogP contribution in [0.5, 0.6) is 5.75 Å². The van der Waals surface area contributed by atoms with Gasteiger partial charge in [0.15, 0.2) is 11.9 Å². The highest BCUT2D eigenvalue weighted by Gasteiger charge is 2.44. The average molecular weight is 652 g/mol. The minimum atomic E-state index is -3.49. The van der Waals surface area contributed by atoms with Crippen molar-refractivity contribution in [2.75, 3.05) is 40.6 Å². The van der Waals surface area contributed by atoms with Crippen LogP contribution in [0.3, 0.4) is 0 Å². The van der Waals surface area contributed by atoms with Gasteiger partial charge in [-0.15, -0.1) is 0 Å². The Balaban J connectivity index is 1.14. The molecule has 4 heterocycles. The number of nitrogens with one attached hydrogen (secondary N) is 3. The van der Waals surface area contributed by atoms with Gasteiger partial charge in [0.2, 0.25) is 11.9 Å². The lowest BCUT2D eigenvalue weighted by molar-refractivity contribution is -0.307. The Bertz CT molecular complexity index is 1770. The highest BCUT2D eigenvalue weighted by molar-refractivity contribution is 6.32. The van der Waals surface area contributed by atoms with Crippen LogP contribution in [0, 0.1) is 0 Å². The van der Waals surface area contributed by atoms with E-state index in [1.165, 1.54) is 31.4 Å². The molecule has 1 saturated heterocycles. The maximum absolute atomic E-state index is 12.9. The lowest BCUT2D eigenvalue weighted by Crippen LogP contribution is -2.58. The van der Waals surface area contributed by atoms with E-state index < -0.39 is 18.1 Å². The first-order valence-electron chi connectivity index (χ1n) is 14.8. The number of carbonyl (C=O) groups is 2. The molecule has 0 saturated carbocycles. The molecular weight excluding hydrogens is 618 g/mol.